The minimum atomic E-state index is -1.73. The van der Waals surface area contributed by atoms with Crippen LogP contribution in [-0.4, -0.2) is 21.9 Å². The number of nitrogens with one attached hydrogen (secondary N) is 1. The fourth-order valence-corrected chi connectivity index (χ4v) is 3.09. The highest BCUT2D eigenvalue weighted by molar-refractivity contribution is 6.74. The summed E-state index contributed by atoms with van der Waals surface area (Å²) in [5.41, 5.74) is 1.29. The minimum absolute atomic E-state index is 0.203. The average molecular weight is 279 g/mol. The van der Waals surface area contributed by atoms with Crippen LogP contribution < -0.4 is 5.32 Å². The first kappa shape index (κ1) is 16.4. The highest BCUT2D eigenvalue weighted by atomic mass is 28.4. The molecule has 1 aromatic rings. The van der Waals surface area contributed by atoms with Crippen LogP contribution in [-0.2, 0) is 4.43 Å². The molecule has 0 aliphatic heterocycles. The summed E-state index contributed by atoms with van der Waals surface area (Å²) in [4.78, 5) is 0. The van der Waals surface area contributed by atoms with Gasteiger partial charge >= 0.3 is 0 Å². The van der Waals surface area contributed by atoms with E-state index in [0.29, 0.717) is 0 Å². The van der Waals surface area contributed by atoms with Gasteiger partial charge in [0.05, 0.1) is 6.10 Å². The summed E-state index contributed by atoms with van der Waals surface area (Å²) in [6.45, 7) is 12.5. The van der Waals surface area contributed by atoms with Crippen LogP contribution in [0.3, 0.4) is 0 Å². The van der Waals surface area contributed by atoms with Crippen LogP contribution in [0.2, 0.25) is 18.1 Å². The lowest BCUT2D eigenvalue weighted by Gasteiger charge is -2.39. The Morgan fingerprint density at radius 2 is 1.74 bits per heavy atom. The highest BCUT2D eigenvalue weighted by Crippen LogP contribution is 2.40. The second-order valence-corrected chi connectivity index (χ2v) is 11.4. The summed E-state index contributed by atoms with van der Waals surface area (Å²) in [6.07, 6.45) is 1.22. The van der Waals surface area contributed by atoms with E-state index in [1.54, 1.807) is 0 Å². The van der Waals surface area contributed by atoms with Gasteiger partial charge in [-0.1, -0.05) is 51.1 Å². The largest absolute Gasteiger partial charge is 0.410 e. The second-order valence-electron chi connectivity index (χ2n) is 6.67. The van der Waals surface area contributed by atoms with Crippen LogP contribution >= 0.6 is 0 Å². The predicted molar refractivity (Wildman–Crippen MR) is 86.0 cm³/mol. The molecule has 0 saturated heterocycles. The van der Waals surface area contributed by atoms with E-state index in [-0.39, 0.29) is 11.1 Å². The van der Waals surface area contributed by atoms with Gasteiger partial charge in [-0.05, 0) is 43.7 Å². The first-order valence-corrected chi connectivity index (χ1v) is 10.1. The Labute approximate surface area is 119 Å². The smallest absolute Gasteiger partial charge is 0.192 e. The number of hydrogen-bond acceptors (Lipinski definition) is 2. The molecule has 0 spiro atoms. The van der Waals surface area contributed by atoms with Crippen molar-refractivity contribution in [1.29, 1.82) is 0 Å². The standard InChI is InChI=1S/C16H29NOSi/c1-16(2,3)19(5,6)18-15(12-13-17-4)14-10-8-7-9-11-14/h7-11,15,17H,12-13H2,1-6H3. The Hall–Kier alpha value is -0.643. The van der Waals surface area contributed by atoms with Crippen molar-refractivity contribution in [2.24, 2.45) is 0 Å². The molecule has 1 rings (SSSR count). The van der Waals surface area contributed by atoms with E-state index in [2.05, 4.69) is 69.5 Å². The third-order valence-electron chi connectivity index (χ3n) is 4.07. The lowest BCUT2D eigenvalue weighted by Crippen LogP contribution is -2.42. The Morgan fingerprint density at radius 3 is 2.21 bits per heavy atom. The molecule has 3 heteroatoms. The molecule has 0 heterocycles. The van der Waals surface area contributed by atoms with Crippen molar-refractivity contribution in [3.8, 4) is 0 Å². The molecule has 2 nitrogen and oxygen atoms in total. The van der Waals surface area contributed by atoms with Gasteiger partial charge in [0.2, 0.25) is 0 Å². The number of hydrogen-bond donors (Lipinski definition) is 1. The van der Waals surface area contributed by atoms with Crippen molar-refractivity contribution < 1.29 is 4.43 Å². The lowest BCUT2D eigenvalue weighted by atomic mass is 10.1. The molecule has 0 radical (unpaired) electrons. The van der Waals surface area contributed by atoms with Gasteiger partial charge in [-0.3, -0.25) is 0 Å². The highest BCUT2D eigenvalue weighted by Gasteiger charge is 2.39. The van der Waals surface area contributed by atoms with Crippen molar-refractivity contribution in [2.75, 3.05) is 13.6 Å². The summed E-state index contributed by atoms with van der Waals surface area (Å²) in [7, 11) is 0.266. The molecular formula is C16H29NOSi. The van der Waals surface area contributed by atoms with Crippen LogP contribution in [0.1, 0.15) is 38.9 Å². The molecule has 0 amide bonds. The third kappa shape index (κ3) is 4.75. The van der Waals surface area contributed by atoms with Gasteiger partial charge in [0.1, 0.15) is 0 Å². The molecule has 0 aliphatic rings. The van der Waals surface area contributed by atoms with E-state index >= 15 is 0 Å². The molecule has 0 saturated carbocycles. The van der Waals surface area contributed by atoms with E-state index < -0.39 is 8.32 Å². The van der Waals surface area contributed by atoms with Crippen molar-refractivity contribution in [3.63, 3.8) is 0 Å². The Bertz CT molecular complexity index is 370. The fraction of sp³-hybridized carbons (Fsp3) is 0.625. The zero-order valence-corrected chi connectivity index (χ0v) is 14.3. The maximum atomic E-state index is 6.59. The van der Waals surface area contributed by atoms with Crippen molar-refractivity contribution >= 4 is 8.32 Å². The van der Waals surface area contributed by atoms with E-state index in [1.165, 1.54) is 5.56 Å². The zero-order chi connectivity index (χ0) is 14.5. The van der Waals surface area contributed by atoms with Gasteiger partial charge in [-0.15, -0.1) is 0 Å². The fourth-order valence-electron chi connectivity index (χ4n) is 1.77. The molecule has 1 N–H and O–H groups in total. The Balaban J connectivity index is 2.87. The van der Waals surface area contributed by atoms with Gasteiger partial charge in [0, 0.05) is 0 Å². The maximum absolute atomic E-state index is 6.59. The zero-order valence-electron chi connectivity index (χ0n) is 13.3. The molecule has 19 heavy (non-hydrogen) atoms. The SMILES string of the molecule is CNCCC(O[Si](C)(C)C(C)(C)C)c1ccccc1. The monoisotopic (exact) mass is 279 g/mol. The van der Waals surface area contributed by atoms with Crippen molar-refractivity contribution in [2.45, 2.75) is 51.4 Å². The van der Waals surface area contributed by atoms with Gasteiger partial charge in [0.15, 0.2) is 8.32 Å². The molecular weight excluding hydrogens is 250 g/mol. The quantitative estimate of drug-likeness (QED) is 0.781. The molecule has 108 valence electrons. The molecule has 0 aliphatic carbocycles. The molecule has 1 atom stereocenters. The van der Waals surface area contributed by atoms with Gasteiger partial charge in [-0.2, -0.15) is 0 Å². The van der Waals surface area contributed by atoms with Crippen LogP contribution in [0.25, 0.3) is 0 Å². The average Bonchev–Trinajstić information content (AvgIpc) is 2.34. The first-order valence-electron chi connectivity index (χ1n) is 7.15. The van der Waals surface area contributed by atoms with Crippen LogP contribution in [0.15, 0.2) is 30.3 Å². The predicted octanol–water partition coefficient (Wildman–Crippen LogP) is 4.36. The van der Waals surface area contributed by atoms with Crippen LogP contribution in [0.5, 0.6) is 0 Å². The normalized spacial score (nSPS) is 14.4. The summed E-state index contributed by atoms with van der Waals surface area (Å²) in [5, 5.41) is 3.48. The molecule has 0 fully saturated rings. The summed E-state index contributed by atoms with van der Waals surface area (Å²) >= 11 is 0. The maximum Gasteiger partial charge on any atom is 0.192 e. The van der Waals surface area contributed by atoms with E-state index in [4.69, 9.17) is 4.43 Å². The molecule has 1 aromatic carbocycles. The van der Waals surface area contributed by atoms with Gasteiger partial charge < -0.3 is 9.74 Å². The third-order valence-corrected chi connectivity index (χ3v) is 8.56. The van der Waals surface area contributed by atoms with Crippen LogP contribution in [0.4, 0.5) is 0 Å². The van der Waals surface area contributed by atoms with Crippen molar-refractivity contribution in [3.05, 3.63) is 35.9 Å². The summed E-state index contributed by atoms with van der Waals surface area (Å²) in [6, 6.07) is 10.6. The van der Waals surface area contributed by atoms with Gasteiger partial charge in [0.25, 0.3) is 0 Å². The molecule has 1 unspecified atom stereocenters. The number of benzene rings is 1. The topological polar surface area (TPSA) is 21.3 Å². The minimum Gasteiger partial charge on any atom is -0.410 e. The summed E-state index contributed by atoms with van der Waals surface area (Å²) < 4.78 is 6.59. The Morgan fingerprint density at radius 1 is 1.16 bits per heavy atom. The second kappa shape index (κ2) is 6.68. The first-order chi connectivity index (χ1) is 8.78. The van der Waals surface area contributed by atoms with E-state index in [9.17, 15) is 0 Å². The van der Waals surface area contributed by atoms with Crippen LogP contribution in [0, 0.1) is 0 Å². The number of rotatable bonds is 6. The summed E-state index contributed by atoms with van der Waals surface area (Å²) in [5.74, 6) is 0. The Kier molecular flexibility index (Phi) is 5.77. The van der Waals surface area contributed by atoms with Crippen molar-refractivity contribution in [1.82, 2.24) is 5.32 Å². The molecule has 0 aromatic heterocycles. The lowest BCUT2D eigenvalue weighted by molar-refractivity contribution is 0.174. The van der Waals surface area contributed by atoms with E-state index in [1.807, 2.05) is 7.05 Å². The van der Waals surface area contributed by atoms with Gasteiger partial charge in [-0.25, -0.2) is 0 Å². The van der Waals surface area contributed by atoms with E-state index in [0.717, 1.165) is 13.0 Å². The molecule has 0 bridgehead atoms.